The molecule has 2 rings (SSSR count). The Labute approximate surface area is 107 Å². The Hall–Kier alpha value is -1.38. The van der Waals surface area contributed by atoms with Gasteiger partial charge in [0.2, 0.25) is 0 Å². The molecule has 0 spiro atoms. The smallest absolute Gasteiger partial charge is 0.165 e. The van der Waals surface area contributed by atoms with Gasteiger partial charge in [-0.25, -0.2) is 4.39 Å². The van der Waals surface area contributed by atoms with Crippen molar-refractivity contribution in [2.45, 2.75) is 39.0 Å². The molecule has 0 bridgehead atoms. The minimum absolute atomic E-state index is 0.198. The first-order chi connectivity index (χ1) is 8.55. The summed E-state index contributed by atoms with van der Waals surface area (Å²) in [4.78, 5) is 12.2. The van der Waals surface area contributed by atoms with E-state index in [1.165, 1.54) is 13.2 Å². The monoisotopic (exact) mass is 250 g/mol. The lowest BCUT2D eigenvalue weighted by Gasteiger charge is -2.21. The lowest BCUT2D eigenvalue weighted by Crippen LogP contribution is -2.26. The van der Waals surface area contributed by atoms with Crippen molar-refractivity contribution < 1.29 is 13.9 Å². The van der Waals surface area contributed by atoms with Gasteiger partial charge in [0.15, 0.2) is 11.6 Å². The van der Waals surface area contributed by atoms with E-state index in [0.717, 1.165) is 31.2 Å². The summed E-state index contributed by atoms with van der Waals surface area (Å²) in [5.41, 5.74) is 0.530. The van der Waals surface area contributed by atoms with Crippen LogP contribution in [0.5, 0.6) is 5.75 Å². The highest BCUT2D eigenvalue weighted by Gasteiger charge is 2.35. The third kappa shape index (κ3) is 2.55. The van der Waals surface area contributed by atoms with Gasteiger partial charge in [0, 0.05) is 11.8 Å². The zero-order chi connectivity index (χ0) is 13.2. The van der Waals surface area contributed by atoms with Gasteiger partial charge in [-0.05, 0) is 30.5 Å². The number of hydrogen-bond acceptors (Lipinski definition) is 2. The molecule has 1 aliphatic carbocycles. The minimum atomic E-state index is -0.403. The van der Waals surface area contributed by atoms with E-state index in [-0.39, 0.29) is 16.9 Å². The van der Waals surface area contributed by atoms with Crippen LogP contribution in [0, 0.1) is 11.2 Å². The average molecular weight is 250 g/mol. The number of ether oxygens (including phenoxy) is 1. The van der Waals surface area contributed by atoms with E-state index < -0.39 is 5.82 Å². The molecule has 0 heterocycles. The standard InChI is InChI=1S/C15H19FO2/c1-15(7-3-4-8-15)14(17)10-11-5-6-13(18-2)12(16)9-11/h5-6,9H,3-4,7-8,10H2,1-2H3. The summed E-state index contributed by atoms with van der Waals surface area (Å²) in [6, 6.07) is 4.74. The maximum absolute atomic E-state index is 13.5. The molecule has 1 saturated carbocycles. The molecule has 1 aromatic carbocycles. The Kier molecular flexibility index (Phi) is 3.69. The van der Waals surface area contributed by atoms with Crippen molar-refractivity contribution in [3.8, 4) is 5.75 Å². The second-order valence-electron chi connectivity index (χ2n) is 5.34. The Morgan fingerprint density at radius 3 is 2.61 bits per heavy atom. The maximum Gasteiger partial charge on any atom is 0.165 e. The van der Waals surface area contributed by atoms with Crippen molar-refractivity contribution in [3.05, 3.63) is 29.6 Å². The summed E-state index contributed by atoms with van der Waals surface area (Å²) < 4.78 is 18.4. The molecule has 0 saturated heterocycles. The molecule has 1 fully saturated rings. The number of hydrogen-bond donors (Lipinski definition) is 0. The highest BCUT2D eigenvalue weighted by atomic mass is 19.1. The van der Waals surface area contributed by atoms with Gasteiger partial charge in [-0.1, -0.05) is 25.8 Å². The molecule has 0 radical (unpaired) electrons. The molecule has 0 aromatic heterocycles. The van der Waals surface area contributed by atoms with Crippen molar-refractivity contribution in [2.75, 3.05) is 7.11 Å². The largest absolute Gasteiger partial charge is 0.494 e. The normalized spacial score (nSPS) is 17.7. The van der Waals surface area contributed by atoms with E-state index in [4.69, 9.17) is 4.74 Å². The van der Waals surface area contributed by atoms with Crippen LogP contribution in [0.25, 0.3) is 0 Å². The molecular weight excluding hydrogens is 231 g/mol. The van der Waals surface area contributed by atoms with E-state index in [9.17, 15) is 9.18 Å². The van der Waals surface area contributed by atoms with Gasteiger partial charge in [0.1, 0.15) is 5.78 Å². The van der Waals surface area contributed by atoms with Crippen molar-refractivity contribution in [2.24, 2.45) is 5.41 Å². The third-order valence-electron chi connectivity index (χ3n) is 3.96. The summed E-state index contributed by atoms with van der Waals surface area (Å²) in [6.07, 6.45) is 4.49. The van der Waals surface area contributed by atoms with Crippen molar-refractivity contribution in [1.29, 1.82) is 0 Å². The van der Waals surface area contributed by atoms with Gasteiger partial charge in [0.05, 0.1) is 7.11 Å². The van der Waals surface area contributed by atoms with Crippen molar-refractivity contribution in [3.63, 3.8) is 0 Å². The summed E-state index contributed by atoms with van der Waals surface area (Å²) >= 11 is 0. The Bertz CT molecular complexity index is 448. The van der Waals surface area contributed by atoms with Gasteiger partial charge in [-0.15, -0.1) is 0 Å². The fraction of sp³-hybridized carbons (Fsp3) is 0.533. The Morgan fingerprint density at radius 2 is 2.06 bits per heavy atom. The molecule has 98 valence electrons. The van der Waals surface area contributed by atoms with Crippen molar-refractivity contribution in [1.82, 2.24) is 0 Å². The van der Waals surface area contributed by atoms with Gasteiger partial charge in [0.25, 0.3) is 0 Å². The first-order valence-electron chi connectivity index (χ1n) is 6.41. The second kappa shape index (κ2) is 5.09. The number of Topliss-reactive ketones (excluding diaryl/α,β-unsaturated/α-hetero) is 1. The molecule has 0 unspecified atom stereocenters. The van der Waals surface area contributed by atoms with Crippen molar-refractivity contribution >= 4 is 5.78 Å². The lowest BCUT2D eigenvalue weighted by molar-refractivity contribution is -0.126. The first kappa shape index (κ1) is 13.1. The molecule has 18 heavy (non-hydrogen) atoms. The van der Waals surface area contributed by atoms with E-state index >= 15 is 0 Å². The summed E-state index contributed by atoms with van der Waals surface area (Å²) in [6.45, 7) is 2.03. The molecular formula is C15H19FO2. The number of ketones is 1. The Morgan fingerprint density at radius 1 is 1.39 bits per heavy atom. The second-order valence-corrected chi connectivity index (χ2v) is 5.34. The van der Waals surface area contributed by atoms with E-state index in [2.05, 4.69) is 0 Å². The van der Waals surface area contributed by atoms with E-state index in [1.807, 2.05) is 6.92 Å². The predicted molar refractivity (Wildman–Crippen MR) is 68.2 cm³/mol. The molecule has 1 aromatic rings. The minimum Gasteiger partial charge on any atom is -0.494 e. The van der Waals surface area contributed by atoms with E-state index in [0.29, 0.717) is 6.42 Å². The van der Waals surface area contributed by atoms with Crippen LogP contribution in [-0.4, -0.2) is 12.9 Å². The fourth-order valence-electron chi connectivity index (χ4n) is 2.65. The van der Waals surface area contributed by atoms with Crippen LogP contribution in [0.1, 0.15) is 38.2 Å². The van der Waals surface area contributed by atoms with E-state index in [1.54, 1.807) is 12.1 Å². The number of methoxy groups -OCH3 is 1. The molecule has 0 N–H and O–H groups in total. The molecule has 1 aliphatic rings. The SMILES string of the molecule is COc1ccc(CC(=O)C2(C)CCCC2)cc1F. The molecule has 2 nitrogen and oxygen atoms in total. The van der Waals surface area contributed by atoms with Crippen LogP contribution in [0.2, 0.25) is 0 Å². The van der Waals surface area contributed by atoms with Gasteiger partial charge < -0.3 is 4.74 Å². The highest BCUT2D eigenvalue weighted by Crippen LogP contribution is 2.39. The topological polar surface area (TPSA) is 26.3 Å². The number of halogens is 1. The molecule has 0 amide bonds. The number of carbonyl (C=O) groups is 1. The summed E-state index contributed by atoms with van der Waals surface area (Å²) in [5, 5.41) is 0. The Balaban J connectivity index is 2.09. The summed E-state index contributed by atoms with van der Waals surface area (Å²) in [7, 11) is 1.43. The third-order valence-corrected chi connectivity index (χ3v) is 3.96. The molecule has 0 atom stereocenters. The van der Waals surface area contributed by atoms with Crippen LogP contribution >= 0.6 is 0 Å². The zero-order valence-electron chi connectivity index (χ0n) is 11.0. The van der Waals surface area contributed by atoms with Crippen LogP contribution in [0.4, 0.5) is 4.39 Å². The zero-order valence-corrected chi connectivity index (χ0v) is 11.0. The van der Waals surface area contributed by atoms with Crippen LogP contribution in [0.3, 0.4) is 0 Å². The molecule has 3 heteroatoms. The maximum atomic E-state index is 13.5. The quantitative estimate of drug-likeness (QED) is 0.817. The van der Waals surface area contributed by atoms with Crippen LogP contribution < -0.4 is 4.74 Å². The average Bonchev–Trinajstić information content (AvgIpc) is 2.78. The number of benzene rings is 1. The van der Waals surface area contributed by atoms with Crippen LogP contribution in [0.15, 0.2) is 18.2 Å². The van der Waals surface area contributed by atoms with Crippen LogP contribution in [-0.2, 0) is 11.2 Å². The first-order valence-corrected chi connectivity index (χ1v) is 6.41. The number of carbonyl (C=O) groups excluding carboxylic acids is 1. The number of rotatable bonds is 4. The van der Waals surface area contributed by atoms with Gasteiger partial charge in [-0.2, -0.15) is 0 Å². The molecule has 0 aliphatic heterocycles. The predicted octanol–water partition coefficient (Wildman–Crippen LogP) is 3.53. The van der Waals surface area contributed by atoms with Gasteiger partial charge in [-0.3, -0.25) is 4.79 Å². The fourth-order valence-corrected chi connectivity index (χ4v) is 2.65. The highest BCUT2D eigenvalue weighted by molar-refractivity contribution is 5.86. The summed E-state index contributed by atoms with van der Waals surface area (Å²) in [5.74, 6) is 0.0437. The van der Waals surface area contributed by atoms with Gasteiger partial charge >= 0.3 is 0 Å². The lowest BCUT2D eigenvalue weighted by atomic mass is 9.81.